The van der Waals surface area contributed by atoms with Crippen LogP contribution in [0.5, 0.6) is 0 Å². The summed E-state index contributed by atoms with van der Waals surface area (Å²) in [6, 6.07) is 18.0. The molecule has 2 aromatic carbocycles. The van der Waals surface area contributed by atoms with Crippen LogP contribution in [0.2, 0.25) is 0 Å². The van der Waals surface area contributed by atoms with E-state index in [2.05, 4.69) is 0 Å². The molecule has 0 aliphatic carbocycles. The first-order valence-electron chi connectivity index (χ1n) is 7.54. The SMILES string of the molecule is Cc1cccc(COC(=O)c2ccc(-c3ccc(C=O)o3)cc2)c1. The van der Waals surface area contributed by atoms with Gasteiger partial charge in [0.1, 0.15) is 12.4 Å². The number of benzene rings is 2. The summed E-state index contributed by atoms with van der Waals surface area (Å²) < 4.78 is 10.7. The monoisotopic (exact) mass is 320 g/mol. The average Bonchev–Trinajstić information content (AvgIpc) is 3.09. The number of carbonyl (C=O) groups excluding carboxylic acids is 2. The van der Waals surface area contributed by atoms with E-state index >= 15 is 0 Å². The molecule has 0 amide bonds. The lowest BCUT2D eigenvalue weighted by atomic mass is 10.1. The van der Waals surface area contributed by atoms with Crippen molar-refractivity contribution in [3.05, 3.63) is 83.1 Å². The van der Waals surface area contributed by atoms with Crippen molar-refractivity contribution in [3.8, 4) is 11.3 Å². The van der Waals surface area contributed by atoms with E-state index in [4.69, 9.17) is 9.15 Å². The van der Waals surface area contributed by atoms with Gasteiger partial charge in [0.05, 0.1) is 5.56 Å². The van der Waals surface area contributed by atoms with Crippen LogP contribution in [0.1, 0.15) is 32.0 Å². The molecule has 0 fully saturated rings. The zero-order valence-electron chi connectivity index (χ0n) is 13.2. The fourth-order valence-electron chi connectivity index (χ4n) is 2.38. The van der Waals surface area contributed by atoms with Crippen LogP contribution in [0.25, 0.3) is 11.3 Å². The molecule has 0 N–H and O–H groups in total. The Morgan fingerprint density at radius 3 is 2.54 bits per heavy atom. The summed E-state index contributed by atoms with van der Waals surface area (Å²) in [4.78, 5) is 22.8. The molecule has 4 heteroatoms. The van der Waals surface area contributed by atoms with E-state index in [0.29, 0.717) is 17.6 Å². The highest BCUT2D eigenvalue weighted by Gasteiger charge is 2.09. The van der Waals surface area contributed by atoms with Crippen molar-refractivity contribution in [1.82, 2.24) is 0 Å². The van der Waals surface area contributed by atoms with E-state index in [-0.39, 0.29) is 18.3 Å². The van der Waals surface area contributed by atoms with E-state index in [1.54, 1.807) is 36.4 Å². The van der Waals surface area contributed by atoms with Crippen LogP contribution < -0.4 is 0 Å². The minimum atomic E-state index is -0.379. The fraction of sp³-hybridized carbons (Fsp3) is 0.100. The van der Waals surface area contributed by atoms with Gasteiger partial charge < -0.3 is 9.15 Å². The third-order valence-electron chi connectivity index (χ3n) is 3.60. The van der Waals surface area contributed by atoms with Gasteiger partial charge in [0.25, 0.3) is 0 Å². The molecule has 1 heterocycles. The summed E-state index contributed by atoms with van der Waals surface area (Å²) >= 11 is 0. The predicted octanol–water partition coefficient (Wildman–Crippen LogP) is 4.42. The molecule has 24 heavy (non-hydrogen) atoms. The number of aryl methyl sites for hydroxylation is 1. The number of esters is 1. The second kappa shape index (κ2) is 6.96. The summed E-state index contributed by atoms with van der Waals surface area (Å²) in [7, 11) is 0. The van der Waals surface area contributed by atoms with Crippen LogP contribution in [-0.4, -0.2) is 12.3 Å². The lowest BCUT2D eigenvalue weighted by Crippen LogP contribution is -2.05. The van der Waals surface area contributed by atoms with Gasteiger partial charge in [-0.15, -0.1) is 0 Å². The Morgan fingerprint density at radius 1 is 1.08 bits per heavy atom. The summed E-state index contributed by atoms with van der Waals surface area (Å²) in [6.07, 6.45) is 0.653. The molecule has 1 aromatic heterocycles. The average molecular weight is 320 g/mol. The molecule has 0 radical (unpaired) electrons. The van der Waals surface area contributed by atoms with Gasteiger partial charge >= 0.3 is 5.97 Å². The van der Waals surface area contributed by atoms with Crippen molar-refractivity contribution in [2.24, 2.45) is 0 Å². The zero-order valence-corrected chi connectivity index (χ0v) is 13.2. The minimum absolute atomic E-state index is 0.239. The van der Waals surface area contributed by atoms with Crippen molar-refractivity contribution in [2.45, 2.75) is 13.5 Å². The van der Waals surface area contributed by atoms with Crippen molar-refractivity contribution in [1.29, 1.82) is 0 Å². The Bertz CT molecular complexity index is 859. The molecule has 4 nitrogen and oxygen atoms in total. The van der Waals surface area contributed by atoms with Crippen molar-refractivity contribution >= 4 is 12.3 Å². The quantitative estimate of drug-likeness (QED) is 0.515. The number of aldehydes is 1. The second-order valence-electron chi connectivity index (χ2n) is 5.46. The number of carbonyl (C=O) groups is 2. The molecule has 0 atom stereocenters. The fourth-order valence-corrected chi connectivity index (χ4v) is 2.38. The molecule has 3 rings (SSSR count). The van der Waals surface area contributed by atoms with Crippen LogP contribution in [0.15, 0.2) is 65.1 Å². The highest BCUT2D eigenvalue weighted by atomic mass is 16.5. The van der Waals surface area contributed by atoms with E-state index in [0.717, 1.165) is 16.7 Å². The molecule has 0 spiro atoms. The minimum Gasteiger partial charge on any atom is -0.457 e. The van der Waals surface area contributed by atoms with Gasteiger partial charge in [-0.25, -0.2) is 4.79 Å². The van der Waals surface area contributed by atoms with Crippen molar-refractivity contribution in [3.63, 3.8) is 0 Å². The number of ether oxygens (including phenoxy) is 1. The molecule has 0 saturated heterocycles. The molecule has 0 aliphatic rings. The van der Waals surface area contributed by atoms with Gasteiger partial charge in [-0.3, -0.25) is 4.79 Å². The summed E-state index contributed by atoms with van der Waals surface area (Å²) in [5.41, 5.74) is 3.34. The van der Waals surface area contributed by atoms with E-state index < -0.39 is 0 Å². The Hall–Kier alpha value is -3.14. The van der Waals surface area contributed by atoms with Gasteiger partial charge in [-0.2, -0.15) is 0 Å². The highest BCUT2D eigenvalue weighted by molar-refractivity contribution is 5.90. The standard InChI is InChI=1S/C20H16O4/c1-14-3-2-4-15(11-14)13-23-20(22)17-7-5-16(6-8-17)19-10-9-18(12-21)24-19/h2-12H,13H2,1H3. The Kier molecular flexibility index (Phi) is 4.57. The maximum Gasteiger partial charge on any atom is 0.338 e. The molecule has 0 unspecified atom stereocenters. The van der Waals surface area contributed by atoms with Gasteiger partial charge in [-0.1, -0.05) is 42.0 Å². The third kappa shape index (κ3) is 3.60. The number of furan rings is 1. The van der Waals surface area contributed by atoms with Crippen LogP contribution >= 0.6 is 0 Å². The molecular formula is C20H16O4. The van der Waals surface area contributed by atoms with Gasteiger partial charge in [-0.05, 0) is 36.8 Å². The smallest absolute Gasteiger partial charge is 0.338 e. The maximum atomic E-state index is 12.1. The normalized spacial score (nSPS) is 10.4. The molecule has 0 saturated carbocycles. The molecule has 3 aromatic rings. The molecule has 120 valence electrons. The second-order valence-corrected chi connectivity index (χ2v) is 5.46. The van der Waals surface area contributed by atoms with E-state index in [9.17, 15) is 9.59 Å². The molecular weight excluding hydrogens is 304 g/mol. The van der Waals surface area contributed by atoms with Gasteiger partial charge in [0.15, 0.2) is 12.0 Å². The number of rotatable bonds is 5. The Morgan fingerprint density at radius 2 is 1.88 bits per heavy atom. The van der Waals surface area contributed by atoms with Crippen LogP contribution in [0.3, 0.4) is 0 Å². The summed E-state index contributed by atoms with van der Waals surface area (Å²) in [5, 5.41) is 0. The lowest BCUT2D eigenvalue weighted by Gasteiger charge is -2.06. The summed E-state index contributed by atoms with van der Waals surface area (Å²) in [5.74, 6) is 0.472. The first-order valence-corrected chi connectivity index (χ1v) is 7.54. The van der Waals surface area contributed by atoms with E-state index in [1.165, 1.54) is 0 Å². The topological polar surface area (TPSA) is 56.5 Å². The van der Waals surface area contributed by atoms with Crippen molar-refractivity contribution < 1.29 is 18.7 Å². The molecule has 0 bridgehead atoms. The van der Waals surface area contributed by atoms with Gasteiger partial charge in [0, 0.05) is 5.56 Å². The Balaban J connectivity index is 1.66. The van der Waals surface area contributed by atoms with E-state index in [1.807, 2.05) is 31.2 Å². The van der Waals surface area contributed by atoms with Crippen LogP contribution in [-0.2, 0) is 11.3 Å². The first-order chi connectivity index (χ1) is 11.7. The maximum absolute atomic E-state index is 12.1. The highest BCUT2D eigenvalue weighted by Crippen LogP contribution is 2.22. The van der Waals surface area contributed by atoms with Crippen LogP contribution in [0.4, 0.5) is 0 Å². The third-order valence-corrected chi connectivity index (χ3v) is 3.60. The zero-order chi connectivity index (χ0) is 16.9. The summed E-state index contributed by atoms with van der Waals surface area (Å²) in [6.45, 7) is 2.23. The number of hydrogen-bond acceptors (Lipinski definition) is 4. The molecule has 0 aliphatic heterocycles. The number of hydrogen-bond donors (Lipinski definition) is 0. The largest absolute Gasteiger partial charge is 0.457 e. The van der Waals surface area contributed by atoms with Crippen LogP contribution in [0, 0.1) is 6.92 Å². The van der Waals surface area contributed by atoms with Gasteiger partial charge in [0.2, 0.25) is 0 Å². The van der Waals surface area contributed by atoms with Crippen molar-refractivity contribution in [2.75, 3.05) is 0 Å². The predicted molar refractivity (Wildman–Crippen MR) is 89.8 cm³/mol. The lowest BCUT2D eigenvalue weighted by molar-refractivity contribution is 0.0472. The Labute approximate surface area is 139 Å². The first kappa shape index (κ1) is 15.7.